The maximum atomic E-state index is 12.2. The van der Waals surface area contributed by atoms with Gasteiger partial charge in [0, 0.05) is 12.6 Å². The Bertz CT molecular complexity index is 555. The number of halogens is 1. The summed E-state index contributed by atoms with van der Waals surface area (Å²) in [5, 5.41) is 7.98. The maximum Gasteiger partial charge on any atom is 0.287 e. The Morgan fingerprint density at radius 3 is 2.85 bits per heavy atom. The third-order valence-electron chi connectivity index (χ3n) is 4.60. The van der Waals surface area contributed by atoms with Crippen LogP contribution < -0.4 is 10.9 Å². The van der Waals surface area contributed by atoms with E-state index in [1.54, 1.807) is 6.20 Å². The van der Waals surface area contributed by atoms with Gasteiger partial charge in [-0.2, -0.15) is 5.10 Å². The number of rotatable bonds is 4. The molecule has 5 heteroatoms. The monoisotopic (exact) mass is 295 g/mol. The van der Waals surface area contributed by atoms with Crippen LogP contribution in [0.15, 0.2) is 11.0 Å². The molecule has 1 aromatic rings. The average molecular weight is 296 g/mol. The molecule has 1 N–H and O–H groups in total. The van der Waals surface area contributed by atoms with Crippen LogP contribution in [0.25, 0.3) is 0 Å². The van der Waals surface area contributed by atoms with Crippen molar-refractivity contribution in [1.29, 1.82) is 0 Å². The van der Waals surface area contributed by atoms with Crippen molar-refractivity contribution in [2.45, 2.75) is 52.1 Å². The standard InChI is InChI=1S/C15H22ClN3O/c1-9(2)8-19-15(20)14(16)13(7-17-19)18-12-6-10-3-4-11(12)5-10/h7,9-12,18H,3-6,8H2,1-2H3. The molecule has 2 aliphatic rings. The topological polar surface area (TPSA) is 46.9 Å². The predicted molar refractivity (Wildman–Crippen MR) is 81.2 cm³/mol. The normalized spacial score (nSPS) is 28.3. The molecule has 3 atom stereocenters. The fourth-order valence-corrected chi connectivity index (χ4v) is 3.86. The maximum absolute atomic E-state index is 12.2. The summed E-state index contributed by atoms with van der Waals surface area (Å²) in [7, 11) is 0. The fraction of sp³-hybridized carbons (Fsp3) is 0.733. The van der Waals surface area contributed by atoms with E-state index in [1.807, 2.05) is 0 Å². The van der Waals surface area contributed by atoms with E-state index >= 15 is 0 Å². The summed E-state index contributed by atoms with van der Waals surface area (Å²) in [6.07, 6.45) is 6.91. The minimum atomic E-state index is -0.187. The quantitative estimate of drug-likeness (QED) is 0.928. The number of hydrogen-bond acceptors (Lipinski definition) is 3. The molecule has 2 saturated carbocycles. The zero-order valence-electron chi connectivity index (χ0n) is 12.1. The molecule has 1 aromatic heterocycles. The molecule has 2 aliphatic carbocycles. The molecular formula is C15H22ClN3O. The van der Waals surface area contributed by atoms with E-state index in [-0.39, 0.29) is 10.6 Å². The van der Waals surface area contributed by atoms with Crippen molar-refractivity contribution in [1.82, 2.24) is 9.78 Å². The zero-order valence-corrected chi connectivity index (χ0v) is 12.9. The molecule has 2 bridgehead atoms. The summed E-state index contributed by atoms with van der Waals surface area (Å²) in [5.74, 6) is 1.99. The van der Waals surface area contributed by atoms with Gasteiger partial charge < -0.3 is 5.32 Å². The molecule has 0 radical (unpaired) electrons. The van der Waals surface area contributed by atoms with Crippen molar-refractivity contribution in [3.63, 3.8) is 0 Å². The lowest BCUT2D eigenvalue weighted by Crippen LogP contribution is -2.30. The van der Waals surface area contributed by atoms with Gasteiger partial charge in [-0.25, -0.2) is 4.68 Å². The lowest BCUT2D eigenvalue weighted by atomic mass is 9.95. The van der Waals surface area contributed by atoms with Gasteiger partial charge in [0.1, 0.15) is 5.02 Å². The second-order valence-corrected chi connectivity index (χ2v) is 7.06. The Hall–Kier alpha value is -1.03. The number of aromatic nitrogens is 2. The fourth-order valence-electron chi connectivity index (χ4n) is 3.66. The zero-order chi connectivity index (χ0) is 14.3. The van der Waals surface area contributed by atoms with Gasteiger partial charge in [-0.1, -0.05) is 31.9 Å². The average Bonchev–Trinajstić information content (AvgIpc) is 3.00. The van der Waals surface area contributed by atoms with Crippen molar-refractivity contribution >= 4 is 17.3 Å². The van der Waals surface area contributed by atoms with E-state index in [0.717, 1.165) is 11.8 Å². The van der Waals surface area contributed by atoms with Gasteiger partial charge in [0.15, 0.2) is 0 Å². The van der Waals surface area contributed by atoms with Gasteiger partial charge in [0.05, 0.1) is 11.9 Å². The SMILES string of the molecule is CC(C)Cn1ncc(NC2CC3CCC2C3)c(Cl)c1=O. The Morgan fingerprint density at radius 2 is 2.25 bits per heavy atom. The summed E-state index contributed by atoms with van der Waals surface area (Å²) in [6.45, 7) is 4.72. The molecule has 20 heavy (non-hydrogen) atoms. The number of nitrogens with zero attached hydrogens (tertiary/aromatic N) is 2. The van der Waals surface area contributed by atoms with Crippen LogP contribution >= 0.6 is 11.6 Å². The second kappa shape index (κ2) is 5.40. The van der Waals surface area contributed by atoms with Gasteiger partial charge in [-0.3, -0.25) is 4.79 Å². The van der Waals surface area contributed by atoms with E-state index in [9.17, 15) is 4.79 Å². The van der Waals surface area contributed by atoms with Crippen LogP contribution in [0.4, 0.5) is 5.69 Å². The molecular weight excluding hydrogens is 274 g/mol. The largest absolute Gasteiger partial charge is 0.379 e. The Morgan fingerprint density at radius 1 is 1.45 bits per heavy atom. The summed E-state index contributed by atoms with van der Waals surface area (Å²) < 4.78 is 1.46. The Balaban J connectivity index is 1.77. The molecule has 0 saturated heterocycles. The van der Waals surface area contributed by atoms with Crippen LogP contribution in [0.2, 0.25) is 5.02 Å². The molecule has 110 valence electrons. The molecule has 0 spiro atoms. The first kappa shape index (κ1) is 13.9. The summed E-state index contributed by atoms with van der Waals surface area (Å²) in [6, 6.07) is 0.466. The highest BCUT2D eigenvalue weighted by molar-refractivity contribution is 6.32. The molecule has 2 fully saturated rings. The third kappa shape index (κ3) is 2.58. The first-order valence-electron chi connectivity index (χ1n) is 7.56. The van der Waals surface area contributed by atoms with Gasteiger partial charge in [-0.15, -0.1) is 0 Å². The smallest absolute Gasteiger partial charge is 0.287 e. The first-order chi connectivity index (χ1) is 9.54. The molecule has 1 heterocycles. The first-order valence-corrected chi connectivity index (χ1v) is 7.94. The molecule has 4 nitrogen and oxygen atoms in total. The minimum absolute atomic E-state index is 0.187. The van der Waals surface area contributed by atoms with Crippen molar-refractivity contribution in [2.75, 3.05) is 5.32 Å². The summed E-state index contributed by atoms with van der Waals surface area (Å²) in [4.78, 5) is 12.2. The van der Waals surface area contributed by atoms with Gasteiger partial charge in [-0.05, 0) is 37.0 Å². The number of fused-ring (bicyclic) bond motifs is 2. The lowest BCUT2D eigenvalue weighted by molar-refractivity contribution is 0.438. The Kier molecular flexibility index (Phi) is 3.76. The van der Waals surface area contributed by atoms with E-state index in [0.29, 0.717) is 24.2 Å². The van der Waals surface area contributed by atoms with Crippen molar-refractivity contribution < 1.29 is 0 Å². The Labute approximate surface area is 124 Å². The highest BCUT2D eigenvalue weighted by Crippen LogP contribution is 2.45. The van der Waals surface area contributed by atoms with E-state index < -0.39 is 0 Å². The second-order valence-electron chi connectivity index (χ2n) is 6.68. The van der Waals surface area contributed by atoms with E-state index in [1.165, 1.54) is 30.4 Å². The lowest BCUT2D eigenvalue weighted by Gasteiger charge is -2.24. The van der Waals surface area contributed by atoms with Gasteiger partial charge in [0.2, 0.25) is 0 Å². The molecule has 3 rings (SSSR count). The van der Waals surface area contributed by atoms with Gasteiger partial charge in [0.25, 0.3) is 5.56 Å². The molecule has 0 amide bonds. The van der Waals surface area contributed by atoms with Crippen molar-refractivity contribution in [3.8, 4) is 0 Å². The van der Waals surface area contributed by atoms with Crippen molar-refractivity contribution in [2.24, 2.45) is 17.8 Å². The van der Waals surface area contributed by atoms with E-state index in [4.69, 9.17) is 11.6 Å². The highest BCUT2D eigenvalue weighted by atomic mass is 35.5. The van der Waals surface area contributed by atoms with Crippen LogP contribution in [0.5, 0.6) is 0 Å². The third-order valence-corrected chi connectivity index (χ3v) is 4.97. The van der Waals surface area contributed by atoms with Crippen molar-refractivity contribution in [3.05, 3.63) is 21.6 Å². The van der Waals surface area contributed by atoms with Crippen LogP contribution in [-0.4, -0.2) is 15.8 Å². The van der Waals surface area contributed by atoms with Crippen LogP contribution in [0, 0.1) is 17.8 Å². The summed E-state index contributed by atoms with van der Waals surface area (Å²) >= 11 is 6.23. The molecule has 3 unspecified atom stereocenters. The number of hydrogen-bond donors (Lipinski definition) is 1. The molecule has 0 aliphatic heterocycles. The summed E-state index contributed by atoms with van der Waals surface area (Å²) in [5.41, 5.74) is 0.516. The highest BCUT2D eigenvalue weighted by Gasteiger charge is 2.39. The van der Waals surface area contributed by atoms with Crippen LogP contribution in [0.1, 0.15) is 39.5 Å². The van der Waals surface area contributed by atoms with Crippen LogP contribution in [-0.2, 0) is 6.54 Å². The number of nitrogens with one attached hydrogen (secondary N) is 1. The van der Waals surface area contributed by atoms with E-state index in [2.05, 4.69) is 24.3 Å². The van der Waals surface area contributed by atoms with Gasteiger partial charge >= 0.3 is 0 Å². The predicted octanol–water partition coefficient (Wildman–Crippen LogP) is 3.15. The number of anilines is 1. The minimum Gasteiger partial charge on any atom is -0.379 e. The molecule has 0 aromatic carbocycles. The van der Waals surface area contributed by atoms with Crippen LogP contribution in [0.3, 0.4) is 0 Å².